The Labute approximate surface area is 129 Å². The quantitative estimate of drug-likeness (QED) is 0.651. The predicted octanol–water partition coefficient (Wildman–Crippen LogP) is 3.14. The van der Waals surface area contributed by atoms with E-state index in [-0.39, 0.29) is 0 Å². The van der Waals surface area contributed by atoms with E-state index < -0.39 is 0 Å². The molecule has 0 aliphatic rings. The Bertz CT molecular complexity index is 515. The standard InChI is InChI=1S/C12H15BrN4S2/c1-8-4-15-11(19-8)6-17-12(14-2)16-5-10-3-9(13)7-18-10/h3-4,7H,5-6H2,1-2H3,(H2,14,16,17). The van der Waals surface area contributed by atoms with E-state index in [9.17, 15) is 0 Å². The van der Waals surface area contributed by atoms with Gasteiger partial charge in [-0.2, -0.15) is 0 Å². The smallest absolute Gasteiger partial charge is 0.191 e. The van der Waals surface area contributed by atoms with Crippen LogP contribution in [0.4, 0.5) is 0 Å². The zero-order valence-corrected chi connectivity index (χ0v) is 14.0. The summed E-state index contributed by atoms with van der Waals surface area (Å²) in [5.41, 5.74) is 0. The van der Waals surface area contributed by atoms with Crippen molar-refractivity contribution in [1.82, 2.24) is 15.6 Å². The van der Waals surface area contributed by atoms with E-state index in [2.05, 4.69) is 54.9 Å². The summed E-state index contributed by atoms with van der Waals surface area (Å²) in [5.74, 6) is 0.789. The van der Waals surface area contributed by atoms with Gasteiger partial charge >= 0.3 is 0 Å². The number of aryl methyl sites for hydroxylation is 1. The zero-order chi connectivity index (χ0) is 13.7. The molecule has 0 aliphatic heterocycles. The van der Waals surface area contributed by atoms with Crippen molar-refractivity contribution in [2.24, 2.45) is 4.99 Å². The first-order chi connectivity index (χ1) is 9.17. The molecule has 0 radical (unpaired) electrons. The van der Waals surface area contributed by atoms with Crippen molar-refractivity contribution in [2.45, 2.75) is 20.0 Å². The van der Waals surface area contributed by atoms with Gasteiger partial charge in [-0.05, 0) is 28.9 Å². The Morgan fingerprint density at radius 2 is 2.21 bits per heavy atom. The van der Waals surface area contributed by atoms with Crippen molar-refractivity contribution in [1.29, 1.82) is 0 Å². The van der Waals surface area contributed by atoms with Gasteiger partial charge in [0.1, 0.15) is 5.01 Å². The molecular formula is C12H15BrN4S2. The van der Waals surface area contributed by atoms with Crippen LogP contribution in [0.25, 0.3) is 0 Å². The second-order valence-corrected chi connectivity index (χ2v) is 7.11. The summed E-state index contributed by atoms with van der Waals surface area (Å²) < 4.78 is 1.12. The van der Waals surface area contributed by atoms with E-state index in [0.29, 0.717) is 6.54 Å². The molecule has 2 N–H and O–H groups in total. The molecule has 0 fully saturated rings. The Morgan fingerprint density at radius 1 is 1.42 bits per heavy atom. The SMILES string of the molecule is CN=C(NCc1cc(Br)cs1)NCc1ncc(C)s1. The van der Waals surface area contributed by atoms with Crippen LogP contribution in [0.1, 0.15) is 14.8 Å². The van der Waals surface area contributed by atoms with Crippen LogP contribution in [0, 0.1) is 6.92 Å². The third kappa shape index (κ3) is 4.59. The van der Waals surface area contributed by atoms with Crippen LogP contribution in [-0.2, 0) is 13.1 Å². The molecule has 2 heterocycles. The fourth-order valence-electron chi connectivity index (χ4n) is 1.48. The fraction of sp³-hybridized carbons (Fsp3) is 0.333. The van der Waals surface area contributed by atoms with Gasteiger partial charge in [-0.1, -0.05) is 0 Å². The largest absolute Gasteiger partial charge is 0.352 e. The number of thiophene rings is 1. The molecule has 19 heavy (non-hydrogen) atoms. The molecule has 0 aromatic carbocycles. The van der Waals surface area contributed by atoms with Gasteiger partial charge in [0.15, 0.2) is 5.96 Å². The van der Waals surface area contributed by atoms with E-state index in [4.69, 9.17) is 0 Å². The highest BCUT2D eigenvalue weighted by Gasteiger charge is 2.03. The van der Waals surface area contributed by atoms with Crippen LogP contribution in [0.3, 0.4) is 0 Å². The van der Waals surface area contributed by atoms with Gasteiger partial charge in [0, 0.05) is 32.9 Å². The first-order valence-electron chi connectivity index (χ1n) is 5.76. The van der Waals surface area contributed by atoms with Crippen LogP contribution in [0.2, 0.25) is 0 Å². The normalized spacial score (nSPS) is 11.6. The highest BCUT2D eigenvalue weighted by molar-refractivity contribution is 9.10. The van der Waals surface area contributed by atoms with Crippen molar-refractivity contribution in [2.75, 3.05) is 7.05 Å². The number of aliphatic imine (C=N–C) groups is 1. The molecule has 0 bridgehead atoms. The van der Waals surface area contributed by atoms with Crippen LogP contribution in [-0.4, -0.2) is 18.0 Å². The minimum absolute atomic E-state index is 0.701. The average Bonchev–Trinajstić information content (AvgIpc) is 2.99. The first-order valence-corrected chi connectivity index (χ1v) is 8.25. The maximum atomic E-state index is 4.31. The predicted molar refractivity (Wildman–Crippen MR) is 85.9 cm³/mol. The molecule has 2 rings (SSSR count). The van der Waals surface area contributed by atoms with E-state index in [1.165, 1.54) is 9.75 Å². The van der Waals surface area contributed by atoms with Crippen molar-refractivity contribution in [3.63, 3.8) is 0 Å². The molecule has 0 amide bonds. The number of hydrogen-bond acceptors (Lipinski definition) is 4. The number of thiazole rings is 1. The van der Waals surface area contributed by atoms with Gasteiger partial charge in [0.05, 0.1) is 13.1 Å². The number of nitrogens with zero attached hydrogens (tertiary/aromatic N) is 2. The number of aromatic nitrogens is 1. The molecule has 0 atom stereocenters. The summed E-state index contributed by atoms with van der Waals surface area (Å²) in [6, 6.07) is 2.11. The maximum Gasteiger partial charge on any atom is 0.191 e. The Morgan fingerprint density at radius 3 is 2.79 bits per heavy atom. The molecule has 102 valence electrons. The van der Waals surface area contributed by atoms with Gasteiger partial charge in [0.25, 0.3) is 0 Å². The number of nitrogens with one attached hydrogen (secondary N) is 2. The van der Waals surface area contributed by atoms with E-state index in [0.717, 1.165) is 22.0 Å². The summed E-state index contributed by atoms with van der Waals surface area (Å²) in [7, 11) is 1.77. The summed E-state index contributed by atoms with van der Waals surface area (Å²) in [5, 5.41) is 9.68. The Hall–Kier alpha value is -0.920. The molecule has 4 nitrogen and oxygen atoms in total. The lowest BCUT2D eigenvalue weighted by atomic mass is 10.4. The van der Waals surface area contributed by atoms with Gasteiger partial charge in [-0.3, -0.25) is 4.99 Å². The van der Waals surface area contributed by atoms with E-state index in [1.54, 1.807) is 29.7 Å². The molecule has 2 aromatic rings. The average molecular weight is 359 g/mol. The molecule has 7 heteroatoms. The Balaban J connectivity index is 1.80. The molecular weight excluding hydrogens is 344 g/mol. The fourth-order valence-corrected chi connectivity index (χ4v) is 3.60. The summed E-state index contributed by atoms with van der Waals surface area (Å²) in [4.78, 5) is 11.0. The second-order valence-electron chi connectivity index (χ2n) is 3.88. The minimum atomic E-state index is 0.701. The van der Waals surface area contributed by atoms with Crippen LogP contribution >= 0.6 is 38.6 Å². The van der Waals surface area contributed by atoms with Crippen LogP contribution in [0.15, 0.2) is 27.1 Å². The lowest BCUT2D eigenvalue weighted by molar-refractivity contribution is 0.811. The van der Waals surface area contributed by atoms with Crippen molar-refractivity contribution in [3.05, 3.63) is 36.9 Å². The van der Waals surface area contributed by atoms with Gasteiger partial charge in [0.2, 0.25) is 0 Å². The molecule has 0 aliphatic carbocycles. The van der Waals surface area contributed by atoms with Crippen molar-refractivity contribution < 1.29 is 0 Å². The minimum Gasteiger partial charge on any atom is -0.352 e. The van der Waals surface area contributed by atoms with Crippen LogP contribution in [0.5, 0.6) is 0 Å². The highest BCUT2D eigenvalue weighted by Crippen LogP contribution is 2.19. The summed E-state index contributed by atoms with van der Waals surface area (Å²) in [6.07, 6.45) is 1.89. The van der Waals surface area contributed by atoms with E-state index >= 15 is 0 Å². The lowest BCUT2D eigenvalue weighted by Crippen LogP contribution is -2.36. The Kier molecular flexibility index (Phi) is 5.35. The number of hydrogen-bond donors (Lipinski definition) is 2. The van der Waals surface area contributed by atoms with E-state index in [1.807, 2.05) is 6.20 Å². The third-order valence-electron chi connectivity index (χ3n) is 2.35. The van der Waals surface area contributed by atoms with Crippen molar-refractivity contribution >= 4 is 44.6 Å². The zero-order valence-electron chi connectivity index (χ0n) is 10.7. The van der Waals surface area contributed by atoms with Gasteiger partial charge in [-0.15, -0.1) is 22.7 Å². The summed E-state index contributed by atoms with van der Waals surface area (Å²) in [6.45, 7) is 3.53. The molecule has 0 saturated heterocycles. The molecule has 0 unspecified atom stereocenters. The third-order valence-corrected chi connectivity index (χ3v) is 4.96. The highest BCUT2D eigenvalue weighted by atomic mass is 79.9. The monoisotopic (exact) mass is 358 g/mol. The first kappa shape index (κ1) is 14.5. The van der Waals surface area contributed by atoms with Crippen molar-refractivity contribution in [3.8, 4) is 0 Å². The second kappa shape index (κ2) is 7.02. The number of rotatable bonds is 4. The number of guanidine groups is 1. The number of halogens is 1. The lowest BCUT2D eigenvalue weighted by Gasteiger charge is -2.09. The summed E-state index contributed by atoms with van der Waals surface area (Å²) >= 11 is 6.86. The molecule has 2 aromatic heterocycles. The molecule has 0 saturated carbocycles. The van der Waals surface area contributed by atoms with Crippen LogP contribution < -0.4 is 10.6 Å². The van der Waals surface area contributed by atoms with Gasteiger partial charge < -0.3 is 10.6 Å². The van der Waals surface area contributed by atoms with Gasteiger partial charge in [-0.25, -0.2) is 4.98 Å². The molecule has 0 spiro atoms. The topological polar surface area (TPSA) is 49.3 Å². The maximum absolute atomic E-state index is 4.31.